The van der Waals surface area contributed by atoms with E-state index in [2.05, 4.69) is 16.1 Å². The van der Waals surface area contributed by atoms with E-state index in [1.165, 1.54) is 33.6 Å². The van der Waals surface area contributed by atoms with Crippen LogP contribution in [0.4, 0.5) is 10.5 Å². The van der Waals surface area contributed by atoms with Crippen molar-refractivity contribution in [3.05, 3.63) is 44.8 Å². The van der Waals surface area contributed by atoms with Gasteiger partial charge in [0, 0.05) is 16.1 Å². The van der Waals surface area contributed by atoms with Gasteiger partial charge in [-0.3, -0.25) is 0 Å². The largest absolute Gasteiger partial charge is 0.333 e. The number of rotatable bonds is 3. The first-order valence-electron chi connectivity index (χ1n) is 10.2. The molecule has 1 aromatic heterocycles. The Bertz CT molecular complexity index is 1100. The van der Waals surface area contributed by atoms with Gasteiger partial charge in [-0.25, -0.2) is 17.9 Å². The van der Waals surface area contributed by atoms with Crippen LogP contribution in [0.15, 0.2) is 16.3 Å². The number of amides is 2. The maximum absolute atomic E-state index is 12.8. The van der Waals surface area contributed by atoms with Crippen LogP contribution in [0, 0.1) is 0 Å². The fraction of sp³-hybridized carbons (Fsp3) is 0.476. The van der Waals surface area contributed by atoms with Crippen molar-refractivity contribution in [1.29, 1.82) is 0 Å². The minimum absolute atomic E-state index is 0.151. The zero-order valence-electron chi connectivity index (χ0n) is 16.4. The van der Waals surface area contributed by atoms with E-state index >= 15 is 0 Å². The number of carbonyl (C=O) groups excluding carboxylic acids is 1. The van der Waals surface area contributed by atoms with Crippen LogP contribution in [0.2, 0.25) is 0 Å². The smallest absolute Gasteiger partial charge is 0.322 e. The predicted octanol–water partition coefficient (Wildman–Crippen LogP) is 3.36. The number of anilines is 1. The van der Waals surface area contributed by atoms with Gasteiger partial charge in [-0.1, -0.05) is 6.07 Å². The Morgan fingerprint density at radius 1 is 1.07 bits per heavy atom. The highest BCUT2D eigenvalue weighted by molar-refractivity contribution is 7.92. The van der Waals surface area contributed by atoms with Crippen LogP contribution < -0.4 is 15.8 Å². The Morgan fingerprint density at radius 2 is 1.72 bits per heavy atom. The molecule has 29 heavy (non-hydrogen) atoms. The topological polar surface area (TPSA) is 101 Å². The lowest BCUT2D eigenvalue weighted by Crippen LogP contribution is -2.34. The summed E-state index contributed by atoms with van der Waals surface area (Å²) in [6.07, 6.45) is 7.64. The summed E-state index contributed by atoms with van der Waals surface area (Å²) in [5.41, 5.74) is 12.4. The standard InChI is InChI=1S/C21H25N3O3S2/c1-21(22)9-8-17-16(21)11-18(28-17)29(26,27)24-20(25)23-19-14-6-2-4-12(14)10-13-5-3-7-15(13)19/h10-11H,2-9,22H2,1H3,(H2,23,24,25). The Morgan fingerprint density at radius 3 is 2.34 bits per heavy atom. The van der Waals surface area contributed by atoms with Gasteiger partial charge in [-0.2, -0.15) is 0 Å². The van der Waals surface area contributed by atoms with E-state index in [1.807, 2.05) is 6.92 Å². The summed E-state index contributed by atoms with van der Waals surface area (Å²) in [7, 11) is -3.93. The monoisotopic (exact) mass is 431 g/mol. The molecular weight excluding hydrogens is 406 g/mol. The average molecular weight is 432 g/mol. The SMILES string of the molecule is CC1(N)CCc2sc(S(=O)(=O)NC(=O)Nc3c4c(cc5c3CCC5)CCC4)cc21. The van der Waals surface area contributed by atoms with E-state index in [-0.39, 0.29) is 4.21 Å². The number of urea groups is 1. The third kappa shape index (κ3) is 3.17. The second-order valence-corrected chi connectivity index (χ2v) is 11.7. The van der Waals surface area contributed by atoms with Gasteiger partial charge in [0.1, 0.15) is 4.21 Å². The summed E-state index contributed by atoms with van der Waals surface area (Å²) in [6.45, 7) is 1.92. The van der Waals surface area contributed by atoms with Crippen molar-refractivity contribution in [3.8, 4) is 0 Å². The molecule has 0 bridgehead atoms. The van der Waals surface area contributed by atoms with E-state index in [4.69, 9.17) is 5.73 Å². The molecule has 154 valence electrons. The van der Waals surface area contributed by atoms with Gasteiger partial charge >= 0.3 is 6.03 Å². The normalized spacial score (nSPS) is 22.3. The molecule has 3 aliphatic rings. The van der Waals surface area contributed by atoms with Gasteiger partial charge in [0.2, 0.25) is 0 Å². The lowest BCUT2D eigenvalue weighted by atomic mass is 9.98. The maximum Gasteiger partial charge on any atom is 0.333 e. The summed E-state index contributed by atoms with van der Waals surface area (Å²) in [5.74, 6) is 0. The van der Waals surface area contributed by atoms with Crippen molar-refractivity contribution in [2.24, 2.45) is 5.73 Å². The van der Waals surface area contributed by atoms with Crippen molar-refractivity contribution in [3.63, 3.8) is 0 Å². The number of benzene rings is 1. The van der Waals surface area contributed by atoms with Crippen LogP contribution >= 0.6 is 11.3 Å². The van der Waals surface area contributed by atoms with Gasteiger partial charge in [-0.05, 0) is 92.2 Å². The average Bonchev–Trinajstić information content (AvgIpc) is 3.39. The Hall–Kier alpha value is -1.90. The number of hydrogen-bond donors (Lipinski definition) is 3. The van der Waals surface area contributed by atoms with Crippen LogP contribution in [0.1, 0.15) is 58.9 Å². The van der Waals surface area contributed by atoms with E-state index in [9.17, 15) is 13.2 Å². The highest BCUT2D eigenvalue weighted by Crippen LogP contribution is 2.41. The number of thiophene rings is 1. The molecule has 0 spiro atoms. The third-order valence-corrected chi connectivity index (χ3v) is 9.48. The van der Waals surface area contributed by atoms with Crippen LogP contribution in [-0.2, 0) is 47.7 Å². The number of nitrogens with two attached hydrogens (primary N) is 1. The van der Waals surface area contributed by atoms with Crippen molar-refractivity contribution < 1.29 is 13.2 Å². The molecule has 2 amide bonds. The molecule has 3 aliphatic carbocycles. The number of aryl methyl sites for hydroxylation is 3. The molecule has 1 aromatic carbocycles. The maximum atomic E-state index is 12.8. The predicted molar refractivity (Wildman–Crippen MR) is 114 cm³/mol. The number of carbonyl (C=O) groups is 1. The number of nitrogens with one attached hydrogen (secondary N) is 2. The molecule has 6 nitrogen and oxygen atoms in total. The molecule has 8 heteroatoms. The molecular formula is C21H25N3O3S2. The Labute approximate surface area is 174 Å². The minimum atomic E-state index is -3.93. The molecule has 0 aliphatic heterocycles. The minimum Gasteiger partial charge on any atom is -0.322 e. The van der Waals surface area contributed by atoms with E-state index in [0.717, 1.165) is 67.5 Å². The van der Waals surface area contributed by atoms with Gasteiger partial charge in [0.25, 0.3) is 10.0 Å². The molecule has 5 rings (SSSR count). The summed E-state index contributed by atoms with van der Waals surface area (Å²) in [5, 5.41) is 2.88. The summed E-state index contributed by atoms with van der Waals surface area (Å²) in [6, 6.07) is 3.21. The fourth-order valence-electron chi connectivity index (χ4n) is 4.99. The zero-order valence-corrected chi connectivity index (χ0v) is 18.1. The lowest BCUT2D eigenvalue weighted by Gasteiger charge is -2.17. The Kier molecular flexibility index (Phi) is 4.31. The first-order chi connectivity index (χ1) is 13.7. The summed E-state index contributed by atoms with van der Waals surface area (Å²) >= 11 is 1.21. The molecule has 2 aromatic rings. The van der Waals surface area contributed by atoms with Crippen molar-refractivity contribution in [2.75, 3.05) is 5.32 Å². The van der Waals surface area contributed by atoms with Crippen LogP contribution in [0.3, 0.4) is 0 Å². The second-order valence-electron chi connectivity index (χ2n) is 8.61. The lowest BCUT2D eigenvalue weighted by molar-refractivity contribution is 0.256. The fourth-order valence-corrected chi connectivity index (χ4v) is 7.55. The summed E-state index contributed by atoms with van der Waals surface area (Å²) in [4.78, 5) is 13.7. The van der Waals surface area contributed by atoms with Crippen molar-refractivity contribution in [2.45, 2.75) is 68.0 Å². The molecule has 4 N–H and O–H groups in total. The molecule has 0 saturated heterocycles. The van der Waals surface area contributed by atoms with Crippen molar-refractivity contribution in [1.82, 2.24) is 4.72 Å². The molecule has 1 atom stereocenters. The molecule has 1 unspecified atom stereocenters. The molecule has 0 saturated carbocycles. The third-order valence-electron chi connectivity index (χ3n) is 6.48. The zero-order chi connectivity index (χ0) is 20.4. The van der Waals surface area contributed by atoms with E-state index in [1.54, 1.807) is 6.07 Å². The number of fused-ring (bicyclic) bond motifs is 3. The van der Waals surface area contributed by atoms with Gasteiger partial charge < -0.3 is 11.1 Å². The Balaban J connectivity index is 1.40. The summed E-state index contributed by atoms with van der Waals surface area (Å²) < 4.78 is 28.0. The van der Waals surface area contributed by atoms with Gasteiger partial charge in [-0.15, -0.1) is 11.3 Å². The van der Waals surface area contributed by atoms with E-state index < -0.39 is 21.6 Å². The van der Waals surface area contributed by atoms with Crippen LogP contribution in [0.25, 0.3) is 0 Å². The van der Waals surface area contributed by atoms with Crippen LogP contribution in [0.5, 0.6) is 0 Å². The quantitative estimate of drug-likeness (QED) is 0.694. The highest BCUT2D eigenvalue weighted by atomic mass is 32.2. The molecule has 0 radical (unpaired) electrons. The second kappa shape index (κ2) is 6.55. The molecule has 1 heterocycles. The first-order valence-corrected chi connectivity index (χ1v) is 12.5. The molecule has 0 fully saturated rings. The van der Waals surface area contributed by atoms with Gasteiger partial charge in [0.05, 0.1) is 0 Å². The van der Waals surface area contributed by atoms with Crippen LogP contribution in [-0.4, -0.2) is 14.4 Å². The van der Waals surface area contributed by atoms with E-state index in [0.29, 0.717) is 0 Å². The van der Waals surface area contributed by atoms with Gasteiger partial charge in [0.15, 0.2) is 0 Å². The number of sulfonamides is 1. The highest BCUT2D eigenvalue weighted by Gasteiger charge is 2.35. The van der Waals surface area contributed by atoms with Crippen molar-refractivity contribution >= 4 is 33.1 Å². The first kappa shape index (κ1) is 19.1. The number of hydrogen-bond acceptors (Lipinski definition) is 5.